The fraction of sp³-hybridized carbons (Fsp3) is 0.538. The molecule has 3 heteroatoms. The van der Waals surface area contributed by atoms with Crippen LogP contribution in [0.3, 0.4) is 0 Å². The monoisotopic (exact) mass is 223 g/mol. The molecule has 0 aromatic heterocycles. The average Bonchev–Trinajstić information content (AvgIpc) is 2.27. The number of methoxy groups -OCH3 is 1. The van der Waals surface area contributed by atoms with Crippen LogP contribution in [0.5, 0.6) is 5.75 Å². The van der Waals surface area contributed by atoms with Gasteiger partial charge in [-0.2, -0.15) is 0 Å². The highest BCUT2D eigenvalue weighted by molar-refractivity contribution is 5.47. The third kappa shape index (κ3) is 3.74. The van der Waals surface area contributed by atoms with E-state index in [1.807, 2.05) is 18.2 Å². The van der Waals surface area contributed by atoms with Gasteiger partial charge in [0.25, 0.3) is 0 Å². The second kappa shape index (κ2) is 6.38. The van der Waals surface area contributed by atoms with Crippen molar-refractivity contribution in [3.05, 3.63) is 23.8 Å². The lowest BCUT2D eigenvalue weighted by Crippen LogP contribution is -2.08. The van der Waals surface area contributed by atoms with Crippen LogP contribution in [0.1, 0.15) is 32.3 Å². The summed E-state index contributed by atoms with van der Waals surface area (Å²) in [6, 6.07) is 5.60. The zero-order chi connectivity index (χ0) is 12.0. The van der Waals surface area contributed by atoms with Gasteiger partial charge >= 0.3 is 0 Å². The van der Waals surface area contributed by atoms with E-state index in [2.05, 4.69) is 13.8 Å². The van der Waals surface area contributed by atoms with Crippen molar-refractivity contribution in [1.82, 2.24) is 0 Å². The molecular formula is C13H21NO2. The van der Waals surface area contributed by atoms with E-state index in [1.54, 1.807) is 7.11 Å². The van der Waals surface area contributed by atoms with Crippen molar-refractivity contribution >= 4 is 5.69 Å². The molecule has 1 aromatic rings. The molecule has 1 atom stereocenters. The van der Waals surface area contributed by atoms with Crippen molar-refractivity contribution in [2.45, 2.75) is 39.4 Å². The maximum absolute atomic E-state index is 5.74. The Kier molecular flexibility index (Phi) is 5.12. The Labute approximate surface area is 97.6 Å². The van der Waals surface area contributed by atoms with Crippen molar-refractivity contribution in [3.8, 4) is 5.75 Å². The Morgan fingerprint density at radius 1 is 1.38 bits per heavy atom. The van der Waals surface area contributed by atoms with Crippen LogP contribution in [0.2, 0.25) is 0 Å². The zero-order valence-electron chi connectivity index (χ0n) is 10.3. The van der Waals surface area contributed by atoms with Gasteiger partial charge in [-0.1, -0.05) is 13.3 Å². The van der Waals surface area contributed by atoms with Crippen molar-refractivity contribution in [2.75, 3.05) is 12.8 Å². The predicted molar refractivity (Wildman–Crippen MR) is 66.6 cm³/mol. The summed E-state index contributed by atoms with van der Waals surface area (Å²) < 4.78 is 11.0. The van der Waals surface area contributed by atoms with E-state index in [-0.39, 0.29) is 6.10 Å². The summed E-state index contributed by atoms with van der Waals surface area (Å²) >= 11 is 0. The Bertz CT molecular complexity index is 326. The van der Waals surface area contributed by atoms with Gasteiger partial charge < -0.3 is 15.2 Å². The molecule has 0 radical (unpaired) electrons. The van der Waals surface area contributed by atoms with Crippen LogP contribution >= 0.6 is 0 Å². The molecule has 0 aliphatic heterocycles. The number of nitrogen functional groups attached to an aromatic ring is 1. The second-order valence-corrected chi connectivity index (χ2v) is 3.98. The summed E-state index contributed by atoms with van der Waals surface area (Å²) in [5.74, 6) is 0.831. The van der Waals surface area contributed by atoms with E-state index in [9.17, 15) is 0 Å². The average molecular weight is 223 g/mol. The van der Waals surface area contributed by atoms with E-state index in [4.69, 9.17) is 15.2 Å². The smallest absolute Gasteiger partial charge is 0.124 e. The van der Waals surface area contributed by atoms with Gasteiger partial charge in [0.1, 0.15) is 5.75 Å². The number of hydrogen-bond donors (Lipinski definition) is 1. The molecule has 3 nitrogen and oxygen atoms in total. The van der Waals surface area contributed by atoms with E-state index in [0.717, 1.165) is 29.8 Å². The molecule has 0 aliphatic rings. The highest BCUT2D eigenvalue weighted by Gasteiger charge is 2.06. The van der Waals surface area contributed by atoms with E-state index < -0.39 is 0 Å². The Hall–Kier alpha value is -1.22. The molecule has 0 bridgehead atoms. The first-order chi connectivity index (χ1) is 7.67. The highest BCUT2D eigenvalue weighted by Crippen LogP contribution is 2.22. The lowest BCUT2D eigenvalue weighted by molar-refractivity contribution is 0.0461. The number of hydrogen-bond acceptors (Lipinski definition) is 3. The van der Waals surface area contributed by atoms with Crippen LogP contribution in [0.25, 0.3) is 0 Å². The molecule has 90 valence electrons. The molecule has 0 spiro atoms. The lowest BCUT2D eigenvalue weighted by Gasteiger charge is -2.14. The van der Waals surface area contributed by atoms with Crippen molar-refractivity contribution in [3.63, 3.8) is 0 Å². The minimum Gasteiger partial charge on any atom is -0.496 e. The van der Waals surface area contributed by atoms with Crippen LogP contribution in [0, 0.1) is 0 Å². The molecule has 0 aliphatic carbocycles. The Morgan fingerprint density at radius 2 is 2.12 bits per heavy atom. The summed E-state index contributed by atoms with van der Waals surface area (Å²) in [5, 5.41) is 0. The molecule has 0 heterocycles. The number of nitrogens with two attached hydrogens (primary N) is 1. The van der Waals surface area contributed by atoms with Crippen LogP contribution in [0.4, 0.5) is 5.69 Å². The molecule has 0 amide bonds. The fourth-order valence-corrected chi connectivity index (χ4v) is 1.63. The third-order valence-corrected chi connectivity index (χ3v) is 2.52. The number of rotatable bonds is 6. The van der Waals surface area contributed by atoms with Gasteiger partial charge in [-0.25, -0.2) is 0 Å². The van der Waals surface area contributed by atoms with Gasteiger partial charge in [-0.15, -0.1) is 0 Å². The molecule has 1 rings (SSSR count). The molecule has 16 heavy (non-hydrogen) atoms. The van der Waals surface area contributed by atoms with Crippen molar-refractivity contribution in [1.29, 1.82) is 0 Å². The number of benzene rings is 1. The van der Waals surface area contributed by atoms with Gasteiger partial charge in [-0.05, 0) is 31.5 Å². The summed E-state index contributed by atoms with van der Waals surface area (Å²) in [6.07, 6.45) is 2.48. The Balaban J connectivity index is 2.61. The van der Waals surface area contributed by atoms with Crippen molar-refractivity contribution < 1.29 is 9.47 Å². The highest BCUT2D eigenvalue weighted by atomic mass is 16.5. The summed E-state index contributed by atoms with van der Waals surface area (Å²) in [4.78, 5) is 0. The maximum atomic E-state index is 5.74. The van der Waals surface area contributed by atoms with Crippen LogP contribution in [-0.2, 0) is 11.3 Å². The zero-order valence-corrected chi connectivity index (χ0v) is 10.3. The Morgan fingerprint density at radius 3 is 2.75 bits per heavy atom. The fourth-order valence-electron chi connectivity index (χ4n) is 1.63. The lowest BCUT2D eigenvalue weighted by atomic mass is 10.2. The third-order valence-electron chi connectivity index (χ3n) is 2.52. The quantitative estimate of drug-likeness (QED) is 0.754. The number of anilines is 1. The standard InChI is InChI=1S/C13H21NO2/c1-4-5-10(2)16-9-11-8-12(14)6-7-13(11)15-3/h6-8,10H,4-5,9,14H2,1-3H3. The normalized spacial score (nSPS) is 12.4. The summed E-state index contributed by atoms with van der Waals surface area (Å²) in [6.45, 7) is 4.79. The first kappa shape index (κ1) is 12.8. The minimum atomic E-state index is 0.274. The van der Waals surface area contributed by atoms with Gasteiger partial charge in [0.15, 0.2) is 0 Å². The minimum absolute atomic E-state index is 0.274. The predicted octanol–water partition coefficient (Wildman–Crippen LogP) is 2.98. The molecule has 0 saturated heterocycles. The topological polar surface area (TPSA) is 44.5 Å². The molecule has 0 fully saturated rings. The SMILES string of the molecule is CCCC(C)OCc1cc(N)ccc1OC. The van der Waals surface area contributed by atoms with Gasteiger partial charge in [0.05, 0.1) is 19.8 Å². The van der Waals surface area contributed by atoms with Crippen molar-refractivity contribution in [2.24, 2.45) is 0 Å². The van der Waals surface area contributed by atoms with Gasteiger partial charge in [0, 0.05) is 11.3 Å². The molecule has 2 N–H and O–H groups in total. The summed E-state index contributed by atoms with van der Waals surface area (Å²) in [7, 11) is 1.66. The number of ether oxygens (including phenoxy) is 2. The van der Waals surface area contributed by atoms with Crippen LogP contribution in [0.15, 0.2) is 18.2 Å². The molecular weight excluding hydrogens is 202 g/mol. The van der Waals surface area contributed by atoms with Gasteiger partial charge in [-0.3, -0.25) is 0 Å². The van der Waals surface area contributed by atoms with Crippen LogP contribution in [-0.4, -0.2) is 13.2 Å². The molecule has 1 unspecified atom stereocenters. The van der Waals surface area contributed by atoms with E-state index >= 15 is 0 Å². The summed E-state index contributed by atoms with van der Waals surface area (Å²) in [5.41, 5.74) is 7.48. The first-order valence-electron chi connectivity index (χ1n) is 5.71. The molecule has 1 aromatic carbocycles. The van der Waals surface area contributed by atoms with E-state index in [0.29, 0.717) is 6.61 Å². The molecule has 0 saturated carbocycles. The van der Waals surface area contributed by atoms with Crippen LogP contribution < -0.4 is 10.5 Å². The first-order valence-corrected chi connectivity index (χ1v) is 5.71. The maximum Gasteiger partial charge on any atom is 0.124 e. The van der Waals surface area contributed by atoms with Gasteiger partial charge in [0.2, 0.25) is 0 Å². The second-order valence-electron chi connectivity index (χ2n) is 3.98. The largest absolute Gasteiger partial charge is 0.496 e. The van der Waals surface area contributed by atoms with E-state index in [1.165, 1.54) is 0 Å².